The first-order chi connectivity index (χ1) is 13.0. The Hall–Kier alpha value is -1.92. The fourth-order valence-electron chi connectivity index (χ4n) is 4.47. The number of carbonyl (C=O) groups is 2. The van der Waals surface area contributed by atoms with Crippen molar-refractivity contribution in [3.05, 3.63) is 35.4 Å². The smallest absolute Gasteiger partial charge is 0.317 e. The van der Waals surface area contributed by atoms with E-state index in [-0.39, 0.29) is 24.5 Å². The number of benzene rings is 1. The van der Waals surface area contributed by atoms with Crippen molar-refractivity contribution in [2.45, 2.75) is 44.2 Å². The summed E-state index contributed by atoms with van der Waals surface area (Å²) in [5, 5.41) is 8.94. The van der Waals surface area contributed by atoms with Gasteiger partial charge in [0.1, 0.15) is 0 Å². The molecule has 2 aliphatic rings. The van der Waals surface area contributed by atoms with Crippen molar-refractivity contribution < 1.29 is 14.7 Å². The van der Waals surface area contributed by atoms with Gasteiger partial charge in [0.25, 0.3) is 0 Å². The minimum absolute atomic E-state index is 0.0768. The zero-order valence-electron chi connectivity index (χ0n) is 16.4. The minimum Gasteiger partial charge on any atom is -0.480 e. The van der Waals surface area contributed by atoms with Crippen LogP contribution in [0.3, 0.4) is 0 Å². The first-order valence-corrected chi connectivity index (χ1v) is 9.93. The van der Waals surface area contributed by atoms with E-state index in [1.165, 1.54) is 11.1 Å². The highest BCUT2D eigenvalue weighted by Crippen LogP contribution is 2.33. The summed E-state index contributed by atoms with van der Waals surface area (Å²) in [5.41, 5.74) is 2.67. The molecule has 1 amide bonds. The molecule has 0 radical (unpaired) electrons. The Labute approximate surface area is 161 Å². The first kappa shape index (κ1) is 19.8. The van der Waals surface area contributed by atoms with Crippen LogP contribution in [0.2, 0.25) is 0 Å². The number of nitrogens with zero attached hydrogens (tertiary/aromatic N) is 3. The molecular weight excluding hydrogens is 342 g/mol. The Morgan fingerprint density at radius 1 is 1.15 bits per heavy atom. The van der Waals surface area contributed by atoms with E-state index in [0.717, 1.165) is 45.2 Å². The summed E-state index contributed by atoms with van der Waals surface area (Å²) in [5.74, 6) is -0.612. The largest absolute Gasteiger partial charge is 0.480 e. The highest BCUT2D eigenvalue weighted by molar-refractivity contribution is 5.78. The Morgan fingerprint density at radius 2 is 1.85 bits per heavy atom. The van der Waals surface area contributed by atoms with Crippen molar-refractivity contribution in [2.24, 2.45) is 0 Å². The lowest BCUT2D eigenvalue weighted by atomic mass is 9.87. The van der Waals surface area contributed by atoms with E-state index < -0.39 is 5.97 Å². The number of amides is 1. The van der Waals surface area contributed by atoms with Gasteiger partial charge in [-0.25, -0.2) is 0 Å². The summed E-state index contributed by atoms with van der Waals surface area (Å²) >= 11 is 0. The molecule has 1 atom stereocenters. The van der Waals surface area contributed by atoms with Crippen LogP contribution < -0.4 is 0 Å². The fraction of sp³-hybridized carbons (Fsp3) is 0.619. The van der Waals surface area contributed by atoms with Gasteiger partial charge in [-0.15, -0.1) is 0 Å². The molecule has 1 heterocycles. The Kier molecular flexibility index (Phi) is 6.50. The van der Waals surface area contributed by atoms with Gasteiger partial charge in [-0.2, -0.15) is 0 Å². The number of likely N-dealkylation sites (tertiary alicyclic amines) is 1. The summed E-state index contributed by atoms with van der Waals surface area (Å²) in [6.45, 7) is 2.21. The monoisotopic (exact) mass is 373 g/mol. The molecule has 1 aromatic rings. The highest BCUT2D eigenvalue weighted by Gasteiger charge is 2.29. The van der Waals surface area contributed by atoms with Crippen LogP contribution in [-0.4, -0.2) is 78.0 Å². The number of fused-ring (bicyclic) bond motifs is 1. The molecule has 0 aromatic heterocycles. The van der Waals surface area contributed by atoms with Crippen LogP contribution in [0.1, 0.15) is 42.9 Å². The fourth-order valence-corrected chi connectivity index (χ4v) is 4.47. The quantitative estimate of drug-likeness (QED) is 0.826. The summed E-state index contributed by atoms with van der Waals surface area (Å²) in [6, 6.07) is 8.95. The van der Waals surface area contributed by atoms with Crippen molar-refractivity contribution in [3.8, 4) is 0 Å². The van der Waals surface area contributed by atoms with E-state index >= 15 is 0 Å². The number of hydrogen-bond acceptors (Lipinski definition) is 4. The molecule has 1 unspecified atom stereocenters. The van der Waals surface area contributed by atoms with Gasteiger partial charge in [0.05, 0.1) is 19.1 Å². The van der Waals surface area contributed by atoms with Crippen LogP contribution in [0, 0.1) is 0 Å². The van der Waals surface area contributed by atoms with Gasteiger partial charge in [0.15, 0.2) is 0 Å². The third-order valence-electron chi connectivity index (χ3n) is 6.12. The molecule has 0 spiro atoms. The van der Waals surface area contributed by atoms with Crippen molar-refractivity contribution in [3.63, 3.8) is 0 Å². The molecule has 0 bridgehead atoms. The van der Waals surface area contributed by atoms with Crippen molar-refractivity contribution in [1.82, 2.24) is 14.7 Å². The van der Waals surface area contributed by atoms with Crippen LogP contribution >= 0.6 is 0 Å². The van der Waals surface area contributed by atoms with Gasteiger partial charge in [0.2, 0.25) is 5.91 Å². The summed E-state index contributed by atoms with van der Waals surface area (Å²) < 4.78 is 0. The number of carbonyl (C=O) groups excluding carboxylic acids is 1. The van der Waals surface area contributed by atoms with Gasteiger partial charge in [-0.1, -0.05) is 24.3 Å². The number of carboxylic acid groups (broad SMARTS) is 1. The standard InChI is InChI=1S/C21H31N3O3/c1-22(15-21(26)27)17-10-12-24(13-11-17)14-20(25)23(2)19-9-5-7-16-6-3-4-8-18(16)19/h3-4,6,8,17,19H,5,7,9-15H2,1-2H3,(H,26,27). The zero-order valence-corrected chi connectivity index (χ0v) is 16.4. The summed E-state index contributed by atoms with van der Waals surface area (Å²) in [4.78, 5) is 29.8. The van der Waals surface area contributed by atoms with Gasteiger partial charge >= 0.3 is 5.97 Å². The molecule has 148 valence electrons. The topological polar surface area (TPSA) is 64.1 Å². The number of piperidine rings is 1. The van der Waals surface area contributed by atoms with Gasteiger partial charge in [-0.3, -0.25) is 19.4 Å². The Morgan fingerprint density at radius 3 is 2.56 bits per heavy atom. The molecular formula is C21H31N3O3. The van der Waals surface area contributed by atoms with Crippen LogP contribution in [0.25, 0.3) is 0 Å². The first-order valence-electron chi connectivity index (χ1n) is 9.93. The van der Waals surface area contributed by atoms with E-state index in [2.05, 4.69) is 29.2 Å². The van der Waals surface area contributed by atoms with E-state index in [4.69, 9.17) is 5.11 Å². The maximum absolute atomic E-state index is 12.9. The number of aryl methyl sites for hydroxylation is 1. The lowest BCUT2D eigenvalue weighted by Gasteiger charge is -2.38. The van der Waals surface area contributed by atoms with E-state index in [1.807, 2.05) is 23.9 Å². The maximum Gasteiger partial charge on any atom is 0.317 e. The van der Waals surface area contributed by atoms with E-state index in [0.29, 0.717) is 6.54 Å². The number of rotatable bonds is 6. The molecule has 1 N–H and O–H groups in total. The van der Waals surface area contributed by atoms with Gasteiger partial charge in [0, 0.05) is 26.2 Å². The number of likely N-dealkylation sites (N-methyl/N-ethyl adjacent to an activating group) is 2. The second-order valence-electron chi connectivity index (χ2n) is 7.93. The third kappa shape index (κ3) is 4.87. The third-order valence-corrected chi connectivity index (χ3v) is 6.12. The molecule has 1 aliphatic carbocycles. The van der Waals surface area contributed by atoms with Crippen molar-refractivity contribution in [1.29, 1.82) is 0 Å². The van der Waals surface area contributed by atoms with Crippen molar-refractivity contribution in [2.75, 3.05) is 40.3 Å². The van der Waals surface area contributed by atoms with Gasteiger partial charge in [-0.05, 0) is 50.3 Å². The summed E-state index contributed by atoms with van der Waals surface area (Å²) in [7, 11) is 3.80. The van der Waals surface area contributed by atoms with Crippen molar-refractivity contribution >= 4 is 11.9 Å². The molecule has 1 saturated heterocycles. The lowest BCUT2D eigenvalue weighted by molar-refractivity contribution is -0.138. The molecule has 1 aliphatic heterocycles. The maximum atomic E-state index is 12.9. The predicted molar refractivity (Wildman–Crippen MR) is 105 cm³/mol. The van der Waals surface area contributed by atoms with Gasteiger partial charge < -0.3 is 10.0 Å². The zero-order chi connectivity index (χ0) is 19.4. The van der Waals surface area contributed by atoms with Crippen LogP contribution in [0.15, 0.2) is 24.3 Å². The van der Waals surface area contributed by atoms with E-state index in [1.54, 1.807) is 0 Å². The molecule has 27 heavy (non-hydrogen) atoms. The van der Waals surface area contributed by atoms with E-state index in [9.17, 15) is 9.59 Å². The second kappa shape index (κ2) is 8.85. The number of carboxylic acids is 1. The summed E-state index contributed by atoms with van der Waals surface area (Å²) in [6.07, 6.45) is 5.08. The minimum atomic E-state index is -0.788. The number of aliphatic carboxylic acids is 1. The Bertz CT molecular complexity index is 670. The number of hydrogen-bond donors (Lipinski definition) is 1. The van der Waals surface area contributed by atoms with Crippen LogP contribution in [0.5, 0.6) is 0 Å². The molecule has 6 nitrogen and oxygen atoms in total. The Balaban J connectivity index is 1.52. The van der Waals surface area contributed by atoms with Crippen LogP contribution in [0.4, 0.5) is 0 Å². The molecule has 0 saturated carbocycles. The molecule has 1 aromatic carbocycles. The highest BCUT2D eigenvalue weighted by atomic mass is 16.4. The van der Waals surface area contributed by atoms with Crippen LogP contribution in [-0.2, 0) is 16.0 Å². The SMILES string of the molecule is CN(CC(=O)O)C1CCN(CC(=O)N(C)C2CCCc3ccccc32)CC1. The predicted octanol–water partition coefficient (Wildman–Crippen LogP) is 2.00. The molecule has 6 heteroatoms. The second-order valence-corrected chi connectivity index (χ2v) is 7.93. The molecule has 1 fully saturated rings. The molecule has 3 rings (SSSR count). The normalized spacial score (nSPS) is 21.1. The lowest BCUT2D eigenvalue weighted by Crippen LogP contribution is -2.48. The average molecular weight is 373 g/mol. The average Bonchev–Trinajstić information content (AvgIpc) is 2.67.